The quantitative estimate of drug-likeness (QED) is 0.474. The molecule has 0 spiro atoms. The van der Waals surface area contributed by atoms with Gasteiger partial charge in [-0.05, 0) is 30.4 Å². The van der Waals surface area contributed by atoms with Gasteiger partial charge in [0.1, 0.15) is 5.65 Å². The van der Waals surface area contributed by atoms with E-state index in [0.29, 0.717) is 11.3 Å². The van der Waals surface area contributed by atoms with E-state index in [2.05, 4.69) is 32.5 Å². The monoisotopic (exact) mass is 423 g/mol. The van der Waals surface area contributed by atoms with Gasteiger partial charge in [-0.15, -0.1) is 6.58 Å². The third-order valence-electron chi connectivity index (χ3n) is 3.67. The van der Waals surface area contributed by atoms with Crippen molar-refractivity contribution in [3.05, 3.63) is 68.1 Å². The number of benzene rings is 1. The predicted octanol–water partition coefficient (Wildman–Crippen LogP) is 5.01. The summed E-state index contributed by atoms with van der Waals surface area (Å²) >= 11 is 8.48. The number of halogens is 3. The number of allylic oxidation sites excluding steroid dienone is 1. The van der Waals surface area contributed by atoms with Gasteiger partial charge in [0.05, 0.1) is 11.1 Å². The van der Waals surface area contributed by atoms with E-state index >= 15 is 0 Å². The maximum atomic E-state index is 13.6. The molecule has 0 bridgehead atoms. The van der Waals surface area contributed by atoms with Crippen LogP contribution in [0.5, 0.6) is 0 Å². The van der Waals surface area contributed by atoms with Crippen molar-refractivity contribution in [1.29, 1.82) is 0 Å². The van der Waals surface area contributed by atoms with Gasteiger partial charge in [-0.2, -0.15) is 0 Å². The topological polar surface area (TPSA) is 50.7 Å². The van der Waals surface area contributed by atoms with Crippen LogP contribution in [-0.4, -0.2) is 14.5 Å². The second-order valence-corrected chi connectivity index (χ2v) is 6.56. The van der Waals surface area contributed by atoms with E-state index < -0.39 is 12.0 Å². The number of hydrogen-bond acceptors (Lipinski definition) is 3. The van der Waals surface area contributed by atoms with Gasteiger partial charge >= 0.3 is 0 Å². The van der Waals surface area contributed by atoms with Crippen molar-refractivity contribution in [2.45, 2.75) is 13.0 Å². The average molecular weight is 424 g/mol. The highest BCUT2D eigenvalue weighted by atomic mass is 79.9. The summed E-state index contributed by atoms with van der Waals surface area (Å²) < 4.78 is 29.7. The number of pyridine rings is 1. The zero-order chi connectivity index (χ0) is 18.1. The van der Waals surface area contributed by atoms with Crippen LogP contribution in [0.4, 0.5) is 8.78 Å². The number of fused-ring (bicyclic) bond motifs is 1. The Morgan fingerprint density at radius 3 is 2.64 bits per heavy atom. The molecule has 0 aliphatic carbocycles. The first-order valence-corrected chi connectivity index (χ1v) is 8.45. The summed E-state index contributed by atoms with van der Waals surface area (Å²) in [5, 5.41) is -0.161. The Hall–Kier alpha value is -2.19. The molecular formula is C17H12BrF2N3OS. The Bertz CT molecular complexity index is 1070. The average Bonchev–Trinajstić information content (AvgIpc) is 2.58. The van der Waals surface area contributed by atoms with E-state index in [0.717, 1.165) is 4.47 Å². The van der Waals surface area contributed by atoms with Crippen molar-refractivity contribution in [2.75, 3.05) is 0 Å². The third kappa shape index (κ3) is 3.32. The fourth-order valence-corrected chi connectivity index (χ4v) is 3.06. The lowest BCUT2D eigenvalue weighted by Gasteiger charge is -2.13. The minimum atomic E-state index is -2.83. The highest BCUT2D eigenvalue weighted by Crippen LogP contribution is 2.30. The summed E-state index contributed by atoms with van der Waals surface area (Å²) in [6.07, 6.45) is -1.27. The van der Waals surface area contributed by atoms with Crippen molar-refractivity contribution in [1.82, 2.24) is 14.5 Å². The van der Waals surface area contributed by atoms with Crippen LogP contribution < -0.4 is 5.56 Å². The summed E-state index contributed by atoms with van der Waals surface area (Å²) in [5.74, 6) is 0. The summed E-state index contributed by atoms with van der Waals surface area (Å²) in [7, 11) is 0. The molecule has 1 N–H and O–H groups in total. The van der Waals surface area contributed by atoms with Gasteiger partial charge in [-0.25, -0.2) is 13.8 Å². The van der Waals surface area contributed by atoms with Crippen LogP contribution in [0.1, 0.15) is 12.0 Å². The fraction of sp³-hybridized carbons (Fsp3) is 0.118. The summed E-state index contributed by atoms with van der Waals surface area (Å²) in [4.78, 5) is 19.1. The van der Waals surface area contributed by atoms with Crippen molar-refractivity contribution >= 4 is 39.2 Å². The van der Waals surface area contributed by atoms with Gasteiger partial charge < -0.3 is 0 Å². The number of H-pyrrole nitrogens is 1. The molecular weight excluding hydrogens is 412 g/mol. The number of alkyl halides is 2. The lowest BCUT2D eigenvalue weighted by Crippen LogP contribution is -2.17. The number of nitrogens with zero attached hydrogens (tertiary/aromatic N) is 2. The molecule has 128 valence electrons. The molecule has 0 radical (unpaired) electrons. The summed E-state index contributed by atoms with van der Waals surface area (Å²) in [6.45, 7) is 3.88. The van der Waals surface area contributed by atoms with Crippen LogP contribution in [0.2, 0.25) is 0 Å². The Labute approximate surface area is 155 Å². The van der Waals surface area contributed by atoms with Crippen molar-refractivity contribution in [2.24, 2.45) is 0 Å². The molecule has 0 saturated heterocycles. The van der Waals surface area contributed by atoms with E-state index in [-0.39, 0.29) is 27.9 Å². The van der Waals surface area contributed by atoms with Gasteiger partial charge in [-0.1, -0.05) is 34.1 Å². The smallest absolute Gasteiger partial charge is 0.264 e. The Kier molecular flexibility index (Phi) is 4.91. The van der Waals surface area contributed by atoms with Gasteiger partial charge in [-0.3, -0.25) is 14.3 Å². The molecule has 2 heterocycles. The first-order chi connectivity index (χ1) is 11.9. The van der Waals surface area contributed by atoms with Gasteiger partial charge in [0.25, 0.3) is 12.0 Å². The lowest BCUT2D eigenvalue weighted by atomic mass is 10.1. The maximum Gasteiger partial charge on any atom is 0.264 e. The van der Waals surface area contributed by atoms with E-state index in [9.17, 15) is 13.6 Å². The lowest BCUT2D eigenvalue weighted by molar-refractivity contribution is 0.153. The Morgan fingerprint density at radius 2 is 2.04 bits per heavy atom. The van der Waals surface area contributed by atoms with Crippen LogP contribution in [0.25, 0.3) is 22.3 Å². The highest BCUT2D eigenvalue weighted by molar-refractivity contribution is 9.10. The number of aromatic amines is 1. The Morgan fingerprint density at radius 1 is 1.36 bits per heavy atom. The molecule has 3 rings (SSSR count). The van der Waals surface area contributed by atoms with Crippen LogP contribution in [-0.2, 0) is 6.54 Å². The second-order valence-electron chi connectivity index (χ2n) is 5.26. The van der Waals surface area contributed by atoms with Crippen LogP contribution in [0.15, 0.2) is 52.3 Å². The molecule has 0 aliphatic rings. The molecule has 0 saturated carbocycles. The summed E-state index contributed by atoms with van der Waals surface area (Å²) in [6, 6.07) is 8.34. The molecule has 1 aromatic carbocycles. The van der Waals surface area contributed by atoms with E-state index in [1.165, 1.54) is 10.6 Å². The number of rotatable bonds is 4. The number of aromatic nitrogens is 3. The van der Waals surface area contributed by atoms with Crippen molar-refractivity contribution in [3.63, 3.8) is 0 Å². The van der Waals surface area contributed by atoms with Crippen LogP contribution >= 0.6 is 28.1 Å². The van der Waals surface area contributed by atoms with Crippen molar-refractivity contribution < 1.29 is 8.78 Å². The zero-order valence-corrected chi connectivity index (χ0v) is 15.2. The second kappa shape index (κ2) is 6.97. The summed E-state index contributed by atoms with van der Waals surface area (Å²) in [5.41, 5.74) is 0.0586. The number of nitrogens with one attached hydrogen (secondary N) is 1. The molecule has 0 unspecified atom stereocenters. The molecule has 2 aromatic heterocycles. The van der Waals surface area contributed by atoms with Gasteiger partial charge in [0.2, 0.25) is 0 Å². The zero-order valence-electron chi connectivity index (χ0n) is 12.8. The minimum Gasteiger partial charge on any atom is -0.299 e. The molecule has 0 atom stereocenters. The van der Waals surface area contributed by atoms with Crippen molar-refractivity contribution in [3.8, 4) is 11.3 Å². The standard InChI is InChI=1S/C17H12BrF2N3OS/c1-2-7-23-15-13(16(24)22-17(23)25)11(14(19)20)8-12(21-15)9-3-5-10(18)6-4-9/h2-6,8,14H,1,7H2,(H,22,24,25). The van der Waals surface area contributed by atoms with Gasteiger partial charge in [0, 0.05) is 22.1 Å². The first-order valence-electron chi connectivity index (χ1n) is 7.25. The van der Waals surface area contributed by atoms with E-state index in [4.69, 9.17) is 12.2 Å². The molecule has 0 aliphatic heterocycles. The van der Waals surface area contributed by atoms with E-state index in [1.807, 2.05) is 0 Å². The molecule has 8 heteroatoms. The van der Waals surface area contributed by atoms with E-state index in [1.54, 1.807) is 30.3 Å². The van der Waals surface area contributed by atoms with Gasteiger partial charge in [0.15, 0.2) is 4.77 Å². The molecule has 3 aromatic rings. The maximum absolute atomic E-state index is 13.6. The third-order valence-corrected chi connectivity index (χ3v) is 4.52. The molecule has 25 heavy (non-hydrogen) atoms. The van der Waals surface area contributed by atoms with Crippen LogP contribution in [0.3, 0.4) is 0 Å². The fourth-order valence-electron chi connectivity index (χ4n) is 2.54. The largest absolute Gasteiger partial charge is 0.299 e. The molecule has 0 amide bonds. The SMILES string of the molecule is C=CCn1c(=S)[nH]c(=O)c2c(C(F)F)cc(-c3ccc(Br)cc3)nc21. The normalized spacial score (nSPS) is 11.2. The van der Waals surface area contributed by atoms with Crippen LogP contribution in [0, 0.1) is 4.77 Å². The first kappa shape index (κ1) is 17.6. The highest BCUT2D eigenvalue weighted by Gasteiger charge is 2.20. The molecule has 4 nitrogen and oxygen atoms in total. The molecule has 0 fully saturated rings. The minimum absolute atomic E-state index is 0.109. The Balaban J connectivity index is 2.44. The number of hydrogen-bond donors (Lipinski definition) is 1. The predicted molar refractivity (Wildman–Crippen MR) is 99.5 cm³/mol.